The van der Waals surface area contributed by atoms with Crippen LogP contribution in [0.4, 0.5) is 0 Å². The molecule has 0 aliphatic heterocycles. The molecule has 0 spiro atoms. The van der Waals surface area contributed by atoms with E-state index >= 15 is 0 Å². The van der Waals surface area contributed by atoms with E-state index in [4.69, 9.17) is 27.9 Å². The van der Waals surface area contributed by atoms with Crippen molar-refractivity contribution in [2.24, 2.45) is 5.10 Å². The summed E-state index contributed by atoms with van der Waals surface area (Å²) in [6.45, 7) is 0. The summed E-state index contributed by atoms with van der Waals surface area (Å²) in [5.74, 6) is 0.353. The first kappa shape index (κ1) is 16.8. The average molecular weight is 379 g/mol. The van der Waals surface area contributed by atoms with Gasteiger partial charge in [-0.25, -0.2) is 5.43 Å². The van der Waals surface area contributed by atoms with Crippen LogP contribution >= 0.6 is 34.5 Å². The molecule has 0 unspecified atom stereocenters. The van der Waals surface area contributed by atoms with Crippen molar-refractivity contribution in [3.63, 3.8) is 0 Å². The summed E-state index contributed by atoms with van der Waals surface area (Å²) in [7, 11) is 1.59. The molecule has 3 rings (SSSR count). The highest BCUT2D eigenvalue weighted by Crippen LogP contribution is 2.36. The molecule has 1 heterocycles. The number of methoxy groups -OCH3 is 1. The number of ether oxygens (including phenoxy) is 1. The van der Waals surface area contributed by atoms with Crippen molar-refractivity contribution >= 4 is 56.7 Å². The zero-order chi connectivity index (χ0) is 17.1. The Morgan fingerprint density at radius 2 is 2.08 bits per heavy atom. The Balaban J connectivity index is 1.77. The fraction of sp³-hybridized carbons (Fsp3) is 0.0588. The fourth-order valence-corrected chi connectivity index (χ4v) is 3.81. The highest BCUT2D eigenvalue weighted by atomic mass is 35.5. The summed E-state index contributed by atoms with van der Waals surface area (Å²) in [5.41, 5.74) is 3.29. The van der Waals surface area contributed by atoms with Crippen LogP contribution in [0.3, 0.4) is 0 Å². The van der Waals surface area contributed by atoms with Crippen LogP contribution in [0.1, 0.15) is 15.2 Å². The van der Waals surface area contributed by atoms with Crippen molar-refractivity contribution in [2.75, 3.05) is 7.11 Å². The van der Waals surface area contributed by atoms with E-state index in [-0.39, 0.29) is 5.91 Å². The minimum absolute atomic E-state index is 0.364. The fourth-order valence-electron chi connectivity index (χ4n) is 2.12. The van der Waals surface area contributed by atoms with Crippen LogP contribution in [-0.2, 0) is 0 Å². The van der Waals surface area contributed by atoms with Gasteiger partial charge in [0.15, 0.2) is 0 Å². The Hall–Kier alpha value is -2.08. The quantitative estimate of drug-likeness (QED) is 0.513. The Morgan fingerprint density at radius 3 is 2.88 bits per heavy atom. The molecule has 2 aromatic carbocycles. The Morgan fingerprint density at radius 1 is 1.25 bits per heavy atom. The van der Waals surface area contributed by atoms with Gasteiger partial charge in [-0.15, -0.1) is 11.3 Å². The summed E-state index contributed by atoms with van der Waals surface area (Å²) in [5, 5.41) is 5.77. The molecule has 4 nitrogen and oxygen atoms in total. The zero-order valence-corrected chi connectivity index (χ0v) is 14.9. The topological polar surface area (TPSA) is 50.7 Å². The third-order valence-corrected chi connectivity index (χ3v) is 5.16. The molecule has 0 radical (unpaired) electrons. The lowest BCUT2D eigenvalue weighted by Gasteiger charge is -2.00. The van der Waals surface area contributed by atoms with Crippen molar-refractivity contribution in [3.05, 3.63) is 63.0 Å². The number of carbonyl (C=O) groups excluding carboxylic acids is 1. The highest BCUT2D eigenvalue weighted by Gasteiger charge is 2.16. The summed E-state index contributed by atoms with van der Waals surface area (Å²) in [4.78, 5) is 12.7. The van der Waals surface area contributed by atoms with Gasteiger partial charge in [-0.1, -0.05) is 41.4 Å². The van der Waals surface area contributed by atoms with E-state index in [2.05, 4.69) is 10.5 Å². The first-order valence-corrected chi connectivity index (χ1v) is 8.51. The first-order valence-electron chi connectivity index (χ1n) is 6.93. The van der Waals surface area contributed by atoms with Crippen molar-refractivity contribution in [1.82, 2.24) is 5.43 Å². The van der Waals surface area contributed by atoms with Gasteiger partial charge in [-0.2, -0.15) is 5.10 Å². The number of hydrogen-bond acceptors (Lipinski definition) is 4. The molecule has 1 N–H and O–H groups in total. The molecule has 0 saturated carbocycles. The second kappa shape index (κ2) is 7.21. The summed E-state index contributed by atoms with van der Waals surface area (Å²) in [6, 6.07) is 12.7. The van der Waals surface area contributed by atoms with Gasteiger partial charge in [-0.05, 0) is 29.8 Å². The summed E-state index contributed by atoms with van der Waals surface area (Å²) < 4.78 is 5.99. The lowest BCUT2D eigenvalue weighted by Crippen LogP contribution is -2.16. The predicted molar refractivity (Wildman–Crippen MR) is 99.9 cm³/mol. The number of nitrogens with one attached hydrogen (secondary N) is 1. The van der Waals surface area contributed by atoms with Crippen molar-refractivity contribution in [2.45, 2.75) is 0 Å². The molecule has 122 valence electrons. The van der Waals surface area contributed by atoms with E-state index in [1.165, 1.54) is 11.3 Å². The van der Waals surface area contributed by atoms with Crippen molar-refractivity contribution in [1.29, 1.82) is 0 Å². The minimum atomic E-state index is -0.364. The van der Waals surface area contributed by atoms with E-state index in [1.807, 2.05) is 24.3 Å². The maximum Gasteiger partial charge on any atom is 0.283 e. The number of amides is 1. The van der Waals surface area contributed by atoms with Crippen LogP contribution < -0.4 is 10.2 Å². The predicted octanol–water partition coefficient (Wildman–Crippen LogP) is 4.98. The Kier molecular flexibility index (Phi) is 5.04. The third kappa shape index (κ3) is 3.53. The van der Waals surface area contributed by atoms with Gasteiger partial charge in [0, 0.05) is 15.1 Å². The van der Waals surface area contributed by atoms with Gasteiger partial charge >= 0.3 is 0 Å². The highest BCUT2D eigenvalue weighted by molar-refractivity contribution is 7.21. The van der Waals surface area contributed by atoms with Gasteiger partial charge in [0.05, 0.1) is 18.3 Å². The Labute approximate surface area is 152 Å². The largest absolute Gasteiger partial charge is 0.497 e. The molecule has 0 saturated heterocycles. The maximum atomic E-state index is 12.3. The van der Waals surface area contributed by atoms with E-state index in [0.717, 1.165) is 21.4 Å². The maximum absolute atomic E-state index is 12.3. The molecule has 0 atom stereocenters. The van der Waals surface area contributed by atoms with Gasteiger partial charge in [0.2, 0.25) is 0 Å². The molecular formula is C17H12Cl2N2O2S. The number of carbonyl (C=O) groups is 1. The van der Waals surface area contributed by atoms with Gasteiger partial charge in [-0.3, -0.25) is 4.79 Å². The monoisotopic (exact) mass is 378 g/mol. The number of hydrogen-bond donors (Lipinski definition) is 1. The lowest BCUT2D eigenvalue weighted by atomic mass is 10.2. The molecule has 3 aromatic rings. The molecule has 1 aromatic heterocycles. The standard InChI is InChI=1S/C17H12Cl2N2O2S/c1-23-12-4-2-3-10(7-12)9-20-21-17(22)16-15(19)13-6-5-11(18)8-14(13)24-16/h2-9H,1H3,(H,21,22)/b20-9+. The molecule has 0 bridgehead atoms. The molecule has 0 aliphatic rings. The minimum Gasteiger partial charge on any atom is -0.497 e. The summed E-state index contributed by atoms with van der Waals surface area (Å²) in [6.07, 6.45) is 1.54. The molecule has 0 aliphatic carbocycles. The van der Waals surface area contributed by atoms with E-state index < -0.39 is 0 Å². The summed E-state index contributed by atoms with van der Waals surface area (Å²) >= 11 is 13.5. The zero-order valence-electron chi connectivity index (χ0n) is 12.5. The lowest BCUT2D eigenvalue weighted by molar-refractivity contribution is 0.0959. The van der Waals surface area contributed by atoms with E-state index in [9.17, 15) is 4.79 Å². The second-order valence-corrected chi connectivity index (χ2v) is 6.73. The van der Waals surface area contributed by atoms with Crippen molar-refractivity contribution in [3.8, 4) is 5.75 Å². The SMILES string of the molecule is COc1cccc(/C=N/NC(=O)c2sc3cc(Cl)ccc3c2Cl)c1. The molecule has 7 heteroatoms. The van der Waals surface area contributed by atoms with Gasteiger partial charge in [0.25, 0.3) is 5.91 Å². The van der Waals surface area contributed by atoms with Crippen LogP contribution in [0.15, 0.2) is 47.6 Å². The van der Waals surface area contributed by atoms with Gasteiger partial charge < -0.3 is 4.74 Å². The van der Waals surface area contributed by atoms with Crippen LogP contribution in [0.2, 0.25) is 10.0 Å². The average Bonchev–Trinajstić information content (AvgIpc) is 2.91. The van der Waals surface area contributed by atoms with E-state index in [0.29, 0.717) is 14.9 Å². The number of benzene rings is 2. The van der Waals surface area contributed by atoms with Crippen LogP contribution in [-0.4, -0.2) is 19.2 Å². The number of thiophene rings is 1. The molecule has 24 heavy (non-hydrogen) atoms. The number of fused-ring (bicyclic) bond motifs is 1. The molecule has 0 fully saturated rings. The second-order valence-electron chi connectivity index (χ2n) is 4.86. The van der Waals surface area contributed by atoms with Crippen LogP contribution in [0.25, 0.3) is 10.1 Å². The normalized spacial score (nSPS) is 11.1. The number of halogens is 2. The van der Waals surface area contributed by atoms with E-state index in [1.54, 1.807) is 31.5 Å². The van der Waals surface area contributed by atoms with Crippen LogP contribution in [0.5, 0.6) is 5.75 Å². The van der Waals surface area contributed by atoms with Crippen molar-refractivity contribution < 1.29 is 9.53 Å². The number of nitrogens with zero attached hydrogens (tertiary/aromatic N) is 1. The first-order chi connectivity index (χ1) is 11.6. The van der Waals surface area contributed by atoms with Crippen LogP contribution in [0, 0.1) is 0 Å². The molecule has 1 amide bonds. The van der Waals surface area contributed by atoms with Gasteiger partial charge in [0.1, 0.15) is 10.6 Å². The molecular weight excluding hydrogens is 367 g/mol. The number of hydrazone groups is 1. The number of rotatable bonds is 4. The Bertz CT molecular complexity index is 937. The third-order valence-electron chi connectivity index (χ3n) is 3.27. The smallest absolute Gasteiger partial charge is 0.283 e.